The van der Waals surface area contributed by atoms with Gasteiger partial charge in [-0.3, -0.25) is 9.69 Å². The van der Waals surface area contributed by atoms with Gasteiger partial charge < -0.3 is 14.9 Å². The number of carbonyl (C=O) groups excluding carboxylic acids is 1. The average Bonchev–Trinajstić information content (AvgIpc) is 2.53. The minimum atomic E-state index is -1.10. The molecule has 2 atom stereocenters. The zero-order valence-corrected chi connectivity index (χ0v) is 8.83. The Hall–Kier alpha value is -1.43. The van der Waals surface area contributed by atoms with Crippen LogP contribution < -0.4 is 0 Å². The SMILES string of the molecule is COCC(=O)N1C(O)c2ccccc2C1O. The molecule has 2 unspecified atom stereocenters. The molecular weight excluding hydrogens is 210 g/mol. The first-order chi connectivity index (χ1) is 7.66. The summed E-state index contributed by atoms with van der Waals surface area (Å²) in [5.41, 5.74) is 1.11. The van der Waals surface area contributed by atoms with Crippen molar-refractivity contribution in [1.29, 1.82) is 0 Å². The van der Waals surface area contributed by atoms with Gasteiger partial charge >= 0.3 is 0 Å². The van der Waals surface area contributed by atoms with Crippen LogP contribution in [0.1, 0.15) is 23.6 Å². The summed E-state index contributed by atoms with van der Waals surface area (Å²) in [5.74, 6) is -0.446. The molecule has 0 saturated carbocycles. The van der Waals surface area contributed by atoms with Crippen LogP contribution in [0.15, 0.2) is 24.3 Å². The van der Waals surface area contributed by atoms with Crippen LogP contribution in [0, 0.1) is 0 Å². The topological polar surface area (TPSA) is 70.0 Å². The van der Waals surface area contributed by atoms with Gasteiger partial charge in [0.05, 0.1) is 0 Å². The summed E-state index contributed by atoms with van der Waals surface area (Å²) < 4.78 is 4.70. The van der Waals surface area contributed by atoms with Crippen molar-refractivity contribution in [2.24, 2.45) is 0 Å². The Balaban J connectivity index is 2.31. The molecule has 1 amide bonds. The number of aliphatic hydroxyl groups is 2. The summed E-state index contributed by atoms with van der Waals surface area (Å²) in [6, 6.07) is 6.87. The van der Waals surface area contributed by atoms with Crippen molar-refractivity contribution < 1.29 is 19.7 Å². The summed E-state index contributed by atoms with van der Waals surface area (Å²) in [6.07, 6.45) is -2.21. The molecule has 0 aromatic heterocycles. The Bertz CT molecular complexity index is 378. The van der Waals surface area contributed by atoms with Gasteiger partial charge in [-0.05, 0) is 0 Å². The highest BCUT2D eigenvalue weighted by Gasteiger charge is 2.38. The predicted octanol–water partition coefficient (Wildman–Crippen LogP) is 0.157. The third-order valence-corrected chi connectivity index (χ3v) is 2.64. The predicted molar refractivity (Wildman–Crippen MR) is 55.1 cm³/mol. The second kappa shape index (κ2) is 4.21. The van der Waals surface area contributed by atoms with Gasteiger partial charge in [0.1, 0.15) is 6.61 Å². The molecule has 0 radical (unpaired) electrons. The van der Waals surface area contributed by atoms with E-state index in [1.165, 1.54) is 7.11 Å². The largest absolute Gasteiger partial charge is 0.375 e. The second-order valence-electron chi connectivity index (χ2n) is 3.61. The number of carbonyl (C=O) groups is 1. The van der Waals surface area contributed by atoms with E-state index in [2.05, 4.69) is 0 Å². The minimum Gasteiger partial charge on any atom is -0.375 e. The van der Waals surface area contributed by atoms with Crippen LogP contribution in [-0.2, 0) is 9.53 Å². The molecule has 1 aliphatic rings. The Labute approximate surface area is 92.9 Å². The lowest BCUT2D eigenvalue weighted by Crippen LogP contribution is -2.35. The first kappa shape index (κ1) is 11.1. The van der Waals surface area contributed by atoms with E-state index in [0.717, 1.165) is 4.90 Å². The number of amides is 1. The Morgan fingerprint density at radius 3 is 2.25 bits per heavy atom. The number of methoxy groups -OCH3 is 1. The maximum Gasteiger partial charge on any atom is 0.253 e. The Morgan fingerprint density at radius 2 is 1.81 bits per heavy atom. The van der Waals surface area contributed by atoms with Crippen molar-refractivity contribution in [2.45, 2.75) is 12.5 Å². The van der Waals surface area contributed by atoms with Crippen LogP contribution in [-0.4, -0.2) is 34.7 Å². The average molecular weight is 223 g/mol. The van der Waals surface area contributed by atoms with E-state index in [-0.39, 0.29) is 6.61 Å². The standard InChI is InChI=1S/C11H13NO4/c1-16-6-9(13)12-10(14)7-4-2-3-5-8(7)11(12)15/h2-5,10-11,14-15H,6H2,1H3. The number of ether oxygens (including phenoxy) is 1. The molecular formula is C11H13NO4. The summed E-state index contributed by atoms with van der Waals surface area (Å²) in [4.78, 5) is 12.6. The van der Waals surface area contributed by atoms with Gasteiger partial charge in [-0.2, -0.15) is 0 Å². The van der Waals surface area contributed by atoms with E-state index < -0.39 is 18.4 Å². The maximum atomic E-state index is 11.6. The number of benzene rings is 1. The molecule has 5 nitrogen and oxygen atoms in total. The molecule has 1 heterocycles. The van der Waals surface area contributed by atoms with E-state index in [9.17, 15) is 15.0 Å². The maximum absolute atomic E-state index is 11.6. The van der Waals surface area contributed by atoms with Crippen molar-refractivity contribution >= 4 is 5.91 Å². The highest BCUT2D eigenvalue weighted by Crippen LogP contribution is 2.38. The summed E-state index contributed by atoms with van der Waals surface area (Å²) >= 11 is 0. The molecule has 1 aliphatic heterocycles. The summed E-state index contributed by atoms with van der Waals surface area (Å²) in [6.45, 7) is -0.165. The molecule has 0 saturated heterocycles. The highest BCUT2D eigenvalue weighted by atomic mass is 16.5. The van der Waals surface area contributed by atoms with E-state index in [1.54, 1.807) is 24.3 Å². The zero-order chi connectivity index (χ0) is 11.7. The number of aliphatic hydroxyl groups excluding tert-OH is 2. The van der Waals surface area contributed by atoms with Gasteiger partial charge in [-0.15, -0.1) is 0 Å². The number of rotatable bonds is 2. The molecule has 2 N–H and O–H groups in total. The molecule has 86 valence electrons. The Kier molecular flexibility index (Phi) is 2.91. The fourth-order valence-electron chi connectivity index (χ4n) is 1.89. The van der Waals surface area contributed by atoms with Gasteiger partial charge in [-0.1, -0.05) is 24.3 Å². The van der Waals surface area contributed by atoms with Gasteiger partial charge in [0.15, 0.2) is 12.5 Å². The van der Waals surface area contributed by atoms with E-state index in [4.69, 9.17) is 4.74 Å². The van der Waals surface area contributed by atoms with E-state index >= 15 is 0 Å². The minimum absolute atomic E-state index is 0.165. The molecule has 1 aromatic rings. The normalized spacial score (nSPS) is 23.3. The first-order valence-electron chi connectivity index (χ1n) is 4.92. The highest BCUT2D eigenvalue weighted by molar-refractivity contribution is 5.79. The molecule has 16 heavy (non-hydrogen) atoms. The van der Waals surface area contributed by atoms with Gasteiger partial charge in [0.2, 0.25) is 0 Å². The number of hydrogen-bond donors (Lipinski definition) is 2. The van der Waals surface area contributed by atoms with Crippen LogP contribution in [0.4, 0.5) is 0 Å². The van der Waals surface area contributed by atoms with E-state index in [1.807, 2.05) is 0 Å². The molecule has 5 heteroatoms. The van der Waals surface area contributed by atoms with Gasteiger partial charge in [0.25, 0.3) is 5.91 Å². The van der Waals surface area contributed by atoms with Crippen LogP contribution in [0.2, 0.25) is 0 Å². The summed E-state index contributed by atoms with van der Waals surface area (Å²) in [5, 5.41) is 19.8. The number of hydrogen-bond acceptors (Lipinski definition) is 4. The molecule has 0 aliphatic carbocycles. The lowest BCUT2D eigenvalue weighted by Gasteiger charge is -2.23. The third kappa shape index (κ3) is 1.59. The quantitative estimate of drug-likeness (QED) is 0.749. The Morgan fingerprint density at radius 1 is 1.31 bits per heavy atom. The van der Waals surface area contributed by atoms with Crippen molar-refractivity contribution in [3.05, 3.63) is 35.4 Å². The summed E-state index contributed by atoms with van der Waals surface area (Å²) in [7, 11) is 1.39. The smallest absolute Gasteiger partial charge is 0.253 e. The molecule has 0 bridgehead atoms. The third-order valence-electron chi connectivity index (χ3n) is 2.64. The van der Waals surface area contributed by atoms with Gasteiger partial charge in [0, 0.05) is 18.2 Å². The number of nitrogens with zero attached hydrogens (tertiary/aromatic N) is 1. The van der Waals surface area contributed by atoms with E-state index in [0.29, 0.717) is 11.1 Å². The lowest BCUT2D eigenvalue weighted by atomic mass is 10.1. The van der Waals surface area contributed by atoms with Crippen LogP contribution in [0.5, 0.6) is 0 Å². The molecule has 0 spiro atoms. The molecule has 2 rings (SSSR count). The van der Waals surface area contributed by atoms with Crippen molar-refractivity contribution in [2.75, 3.05) is 13.7 Å². The fraction of sp³-hybridized carbons (Fsp3) is 0.364. The lowest BCUT2D eigenvalue weighted by molar-refractivity contribution is -0.160. The fourth-order valence-corrected chi connectivity index (χ4v) is 1.89. The van der Waals surface area contributed by atoms with Crippen LogP contribution in [0.3, 0.4) is 0 Å². The van der Waals surface area contributed by atoms with Crippen molar-refractivity contribution in [3.8, 4) is 0 Å². The van der Waals surface area contributed by atoms with Crippen molar-refractivity contribution in [3.63, 3.8) is 0 Å². The zero-order valence-electron chi connectivity index (χ0n) is 8.83. The molecule has 1 aromatic carbocycles. The second-order valence-corrected chi connectivity index (χ2v) is 3.61. The number of fused-ring (bicyclic) bond motifs is 1. The first-order valence-corrected chi connectivity index (χ1v) is 4.92. The monoisotopic (exact) mass is 223 g/mol. The molecule has 0 fully saturated rings. The van der Waals surface area contributed by atoms with Crippen LogP contribution >= 0.6 is 0 Å². The van der Waals surface area contributed by atoms with Crippen molar-refractivity contribution in [1.82, 2.24) is 4.90 Å². The van der Waals surface area contributed by atoms with Gasteiger partial charge in [-0.25, -0.2) is 0 Å². The van der Waals surface area contributed by atoms with Crippen LogP contribution in [0.25, 0.3) is 0 Å².